The Morgan fingerprint density at radius 3 is 2.46 bits per heavy atom. The third kappa shape index (κ3) is 3.15. The second-order valence-corrected chi connectivity index (χ2v) is 6.24. The number of alkyl halides is 3. The van der Waals surface area contributed by atoms with Crippen LogP contribution in [0.5, 0.6) is 0 Å². The van der Waals surface area contributed by atoms with Crippen LogP contribution < -0.4 is 10.6 Å². The fraction of sp³-hybridized carbons (Fsp3) is 0.235. The fourth-order valence-electron chi connectivity index (χ4n) is 2.96. The van der Waals surface area contributed by atoms with Crippen molar-refractivity contribution in [2.45, 2.75) is 17.9 Å². The van der Waals surface area contributed by atoms with E-state index in [1.54, 1.807) is 6.07 Å². The summed E-state index contributed by atoms with van der Waals surface area (Å²) in [7, 11) is 0. The summed E-state index contributed by atoms with van der Waals surface area (Å²) in [5, 5.41) is 14.6. The summed E-state index contributed by atoms with van der Waals surface area (Å²) in [6.07, 6.45) is -2.37. The lowest BCUT2D eigenvalue weighted by atomic mass is 9.77. The van der Waals surface area contributed by atoms with Crippen molar-refractivity contribution in [2.24, 2.45) is 5.92 Å². The summed E-state index contributed by atoms with van der Waals surface area (Å²) in [4.78, 5) is 16.8. The van der Waals surface area contributed by atoms with Crippen LogP contribution in [0.25, 0.3) is 0 Å². The van der Waals surface area contributed by atoms with E-state index in [1.807, 2.05) is 5.32 Å². The Morgan fingerprint density at radius 2 is 1.88 bits per heavy atom. The Bertz CT molecular complexity index is 817. The van der Waals surface area contributed by atoms with Crippen molar-refractivity contribution in [2.75, 3.05) is 0 Å². The number of aromatic nitrogens is 1. The quantitative estimate of drug-likeness (QED) is 0.560. The van der Waals surface area contributed by atoms with E-state index in [0.717, 1.165) is 0 Å². The van der Waals surface area contributed by atoms with Crippen molar-refractivity contribution >= 4 is 23.1 Å². The number of thiocarbonyl (C=S) groups is 1. The molecule has 1 aromatic heterocycles. The van der Waals surface area contributed by atoms with Crippen molar-refractivity contribution < 1.29 is 23.1 Å². The topological polar surface area (TPSA) is 74.2 Å². The first-order chi connectivity index (χ1) is 12.2. The third-order valence-electron chi connectivity index (χ3n) is 4.19. The molecule has 1 aliphatic heterocycles. The van der Waals surface area contributed by atoms with Crippen molar-refractivity contribution in [3.63, 3.8) is 0 Å². The van der Waals surface area contributed by atoms with E-state index >= 15 is 0 Å². The molecule has 136 valence electrons. The Labute approximate surface area is 152 Å². The highest BCUT2D eigenvalue weighted by molar-refractivity contribution is 7.80. The molecule has 0 saturated carbocycles. The summed E-state index contributed by atoms with van der Waals surface area (Å²) in [5.41, 5.74) is -3.18. The molecular weight excluding hydrogens is 367 g/mol. The van der Waals surface area contributed by atoms with Crippen LogP contribution in [0.2, 0.25) is 0 Å². The number of aliphatic hydroxyl groups is 1. The van der Waals surface area contributed by atoms with Gasteiger partial charge in [0.2, 0.25) is 5.72 Å². The number of nitrogens with zero attached hydrogens (tertiary/aromatic N) is 1. The number of carbonyl (C=O) groups is 1. The zero-order chi connectivity index (χ0) is 18.9. The zero-order valence-corrected chi connectivity index (χ0v) is 14.0. The first-order valence-corrected chi connectivity index (χ1v) is 8.02. The van der Waals surface area contributed by atoms with Gasteiger partial charge in [0.1, 0.15) is 5.92 Å². The highest BCUT2D eigenvalue weighted by atomic mass is 32.1. The van der Waals surface area contributed by atoms with Crippen molar-refractivity contribution in [1.82, 2.24) is 15.6 Å². The molecule has 0 bridgehead atoms. The molecule has 0 unspecified atom stereocenters. The zero-order valence-electron chi connectivity index (χ0n) is 13.2. The standard InChI is InChI=1S/C17H14F3N3O2S/c18-17(19,20)16(25)12(14(24)10-5-2-1-3-6-10)13(22-15(26)23-16)11-7-4-8-21-9-11/h1-9,12-13,25H,(H2,22,23,26)/t12-,13+,16+/m1/s1. The molecule has 3 N–H and O–H groups in total. The van der Waals surface area contributed by atoms with Crippen LogP contribution in [0, 0.1) is 5.92 Å². The molecule has 3 rings (SSSR count). The maximum atomic E-state index is 13.7. The van der Waals surface area contributed by atoms with Crippen LogP contribution in [-0.4, -0.2) is 32.9 Å². The third-order valence-corrected chi connectivity index (χ3v) is 4.41. The van der Waals surface area contributed by atoms with Crippen LogP contribution in [0.15, 0.2) is 54.9 Å². The predicted molar refractivity (Wildman–Crippen MR) is 91.1 cm³/mol. The molecule has 0 amide bonds. The molecule has 1 aliphatic rings. The van der Waals surface area contributed by atoms with E-state index in [4.69, 9.17) is 12.2 Å². The van der Waals surface area contributed by atoms with Crippen molar-refractivity contribution in [1.29, 1.82) is 0 Å². The normalized spacial score (nSPS) is 25.9. The average molecular weight is 381 g/mol. The van der Waals surface area contributed by atoms with Crippen LogP contribution in [0.1, 0.15) is 22.0 Å². The largest absolute Gasteiger partial charge is 0.437 e. The molecule has 0 spiro atoms. The summed E-state index contributed by atoms with van der Waals surface area (Å²) < 4.78 is 41.2. The minimum absolute atomic E-state index is 0.0467. The van der Waals surface area contributed by atoms with Gasteiger partial charge in [-0.2, -0.15) is 13.2 Å². The number of benzene rings is 1. The Morgan fingerprint density at radius 1 is 1.19 bits per heavy atom. The number of carbonyl (C=O) groups excluding carboxylic acids is 1. The molecule has 2 aromatic rings. The molecule has 1 saturated heterocycles. The predicted octanol–water partition coefficient (Wildman–Crippen LogP) is 2.35. The van der Waals surface area contributed by atoms with E-state index in [-0.39, 0.29) is 5.56 Å². The average Bonchev–Trinajstić information content (AvgIpc) is 2.61. The van der Waals surface area contributed by atoms with Gasteiger partial charge in [0, 0.05) is 18.0 Å². The van der Waals surface area contributed by atoms with Crippen LogP contribution in [0.3, 0.4) is 0 Å². The van der Waals surface area contributed by atoms with E-state index in [1.165, 1.54) is 48.8 Å². The second kappa shape index (κ2) is 6.65. The minimum Gasteiger partial charge on any atom is -0.363 e. The van der Waals surface area contributed by atoms with Gasteiger partial charge in [0.25, 0.3) is 0 Å². The molecule has 26 heavy (non-hydrogen) atoms. The number of hydrogen-bond acceptors (Lipinski definition) is 4. The number of ketones is 1. The molecular formula is C17H14F3N3O2S. The number of rotatable bonds is 3. The van der Waals surface area contributed by atoms with Gasteiger partial charge in [-0.15, -0.1) is 0 Å². The molecule has 1 fully saturated rings. The number of Topliss-reactive ketones (excluding diaryl/α,β-unsaturated/α-hetero) is 1. The van der Waals surface area contributed by atoms with Gasteiger partial charge in [0.15, 0.2) is 10.9 Å². The van der Waals surface area contributed by atoms with E-state index in [9.17, 15) is 23.1 Å². The summed E-state index contributed by atoms with van der Waals surface area (Å²) in [6, 6.07) is 9.33. The number of hydrogen-bond donors (Lipinski definition) is 3. The number of pyridine rings is 1. The maximum absolute atomic E-state index is 13.7. The second-order valence-electron chi connectivity index (χ2n) is 5.83. The Balaban J connectivity index is 2.15. The Hall–Kier alpha value is -2.52. The molecule has 3 atom stereocenters. The van der Waals surface area contributed by atoms with Gasteiger partial charge in [-0.25, -0.2) is 0 Å². The summed E-state index contributed by atoms with van der Waals surface area (Å²) >= 11 is 4.84. The Kier molecular flexibility index (Phi) is 4.68. The lowest BCUT2D eigenvalue weighted by molar-refractivity contribution is -0.285. The summed E-state index contributed by atoms with van der Waals surface area (Å²) in [6.45, 7) is 0. The van der Waals surface area contributed by atoms with Crippen LogP contribution in [0.4, 0.5) is 13.2 Å². The number of halogens is 3. The molecule has 0 radical (unpaired) electrons. The van der Waals surface area contributed by atoms with Gasteiger partial charge in [-0.3, -0.25) is 9.78 Å². The lowest BCUT2D eigenvalue weighted by Gasteiger charge is -2.46. The van der Waals surface area contributed by atoms with Crippen molar-refractivity contribution in [3.05, 3.63) is 66.0 Å². The maximum Gasteiger partial charge on any atom is 0.437 e. The van der Waals surface area contributed by atoms with Gasteiger partial charge < -0.3 is 15.7 Å². The van der Waals surface area contributed by atoms with E-state index < -0.39 is 34.8 Å². The van der Waals surface area contributed by atoms with E-state index in [2.05, 4.69) is 10.3 Å². The molecule has 1 aromatic carbocycles. The van der Waals surface area contributed by atoms with Gasteiger partial charge >= 0.3 is 6.18 Å². The molecule has 0 aliphatic carbocycles. The fourth-order valence-corrected chi connectivity index (χ4v) is 3.24. The smallest absolute Gasteiger partial charge is 0.363 e. The van der Waals surface area contributed by atoms with Gasteiger partial charge in [-0.1, -0.05) is 36.4 Å². The minimum atomic E-state index is -5.14. The molecule has 5 nitrogen and oxygen atoms in total. The van der Waals surface area contributed by atoms with Crippen molar-refractivity contribution in [3.8, 4) is 0 Å². The molecule has 9 heteroatoms. The van der Waals surface area contributed by atoms with Crippen LogP contribution >= 0.6 is 12.2 Å². The van der Waals surface area contributed by atoms with Gasteiger partial charge in [-0.05, 0) is 23.8 Å². The lowest BCUT2D eigenvalue weighted by Crippen LogP contribution is -2.72. The highest BCUT2D eigenvalue weighted by Crippen LogP contribution is 2.43. The SMILES string of the molecule is O=C(c1ccccc1)[C@H]1[C@H](c2cccnc2)NC(=S)N[C@@]1(O)C(F)(F)F. The first kappa shape index (κ1) is 18.3. The van der Waals surface area contributed by atoms with E-state index in [0.29, 0.717) is 5.56 Å². The highest BCUT2D eigenvalue weighted by Gasteiger charge is 2.65. The summed E-state index contributed by atoms with van der Waals surface area (Å²) in [5.74, 6) is -2.79. The molecule has 2 heterocycles. The van der Waals surface area contributed by atoms with Gasteiger partial charge in [0.05, 0.1) is 6.04 Å². The number of nitrogens with one attached hydrogen (secondary N) is 2. The first-order valence-electron chi connectivity index (χ1n) is 7.61. The van der Waals surface area contributed by atoms with Crippen LogP contribution in [-0.2, 0) is 0 Å². The monoisotopic (exact) mass is 381 g/mol.